The summed E-state index contributed by atoms with van der Waals surface area (Å²) in [5.41, 5.74) is 1.79. The molecule has 0 fully saturated rings. The van der Waals surface area contributed by atoms with Gasteiger partial charge in [-0.05, 0) is 50.5 Å². The van der Waals surface area contributed by atoms with Crippen LogP contribution in [0.5, 0.6) is 0 Å². The van der Waals surface area contributed by atoms with Gasteiger partial charge in [-0.2, -0.15) is 11.3 Å². The maximum absolute atomic E-state index is 11.8. The summed E-state index contributed by atoms with van der Waals surface area (Å²) in [4.78, 5) is 11.8. The Morgan fingerprint density at radius 1 is 1.31 bits per heavy atom. The monoisotopic (exact) mass is 295 g/mol. The number of hydrogen-bond acceptors (Lipinski definition) is 2. The quantitative estimate of drug-likeness (QED) is 0.923. The number of hydrogen-bond donors (Lipinski definition) is 1. The number of carbonyl (C=O) groups excluding carboxylic acids is 1. The third-order valence-electron chi connectivity index (χ3n) is 2.15. The highest BCUT2D eigenvalue weighted by Crippen LogP contribution is 2.15. The average Bonchev–Trinajstić information content (AvgIpc) is 2.79. The molecule has 0 saturated heterocycles. The van der Waals surface area contributed by atoms with E-state index in [0.29, 0.717) is 12.1 Å². The van der Waals surface area contributed by atoms with Crippen LogP contribution in [0.1, 0.15) is 15.9 Å². The zero-order valence-electron chi connectivity index (χ0n) is 8.44. The SMILES string of the molecule is O=C(NCc1ccsc1)c1ccccc1Br. The van der Waals surface area contributed by atoms with Crippen LogP contribution in [0.15, 0.2) is 45.6 Å². The highest BCUT2D eigenvalue weighted by molar-refractivity contribution is 9.10. The van der Waals surface area contributed by atoms with E-state index < -0.39 is 0 Å². The van der Waals surface area contributed by atoms with Gasteiger partial charge in [0.25, 0.3) is 5.91 Å². The molecule has 0 saturated carbocycles. The van der Waals surface area contributed by atoms with Crippen LogP contribution in [-0.4, -0.2) is 5.91 Å². The Morgan fingerprint density at radius 2 is 2.12 bits per heavy atom. The van der Waals surface area contributed by atoms with E-state index in [1.165, 1.54) is 0 Å². The molecule has 1 heterocycles. The van der Waals surface area contributed by atoms with Crippen molar-refractivity contribution in [2.45, 2.75) is 6.54 Å². The Morgan fingerprint density at radius 3 is 2.81 bits per heavy atom. The fourth-order valence-corrected chi connectivity index (χ4v) is 2.45. The van der Waals surface area contributed by atoms with Crippen LogP contribution in [-0.2, 0) is 6.54 Å². The Bertz CT molecular complexity index is 482. The second-order valence-corrected chi connectivity index (χ2v) is 4.93. The van der Waals surface area contributed by atoms with Gasteiger partial charge in [-0.1, -0.05) is 12.1 Å². The molecule has 2 rings (SSSR count). The van der Waals surface area contributed by atoms with Gasteiger partial charge in [0, 0.05) is 11.0 Å². The molecule has 0 radical (unpaired) electrons. The maximum atomic E-state index is 11.8. The number of thiophene rings is 1. The summed E-state index contributed by atoms with van der Waals surface area (Å²) >= 11 is 4.99. The predicted octanol–water partition coefficient (Wildman–Crippen LogP) is 3.44. The molecule has 1 N–H and O–H groups in total. The van der Waals surface area contributed by atoms with Crippen molar-refractivity contribution in [1.82, 2.24) is 5.32 Å². The van der Waals surface area contributed by atoms with Gasteiger partial charge in [0.2, 0.25) is 0 Å². The molecular formula is C12H10BrNOS. The Hall–Kier alpha value is -1.13. The maximum Gasteiger partial charge on any atom is 0.252 e. The summed E-state index contributed by atoms with van der Waals surface area (Å²) in [7, 11) is 0. The topological polar surface area (TPSA) is 29.1 Å². The molecule has 0 unspecified atom stereocenters. The summed E-state index contributed by atoms with van der Waals surface area (Å²) < 4.78 is 0.817. The lowest BCUT2D eigenvalue weighted by Crippen LogP contribution is -2.22. The first kappa shape index (κ1) is 11.4. The van der Waals surface area contributed by atoms with Gasteiger partial charge in [-0.15, -0.1) is 0 Å². The Labute approximate surface area is 106 Å². The van der Waals surface area contributed by atoms with Crippen molar-refractivity contribution >= 4 is 33.2 Å². The van der Waals surface area contributed by atoms with Gasteiger partial charge in [0.1, 0.15) is 0 Å². The molecule has 0 spiro atoms. The molecule has 1 amide bonds. The lowest BCUT2D eigenvalue weighted by molar-refractivity contribution is 0.0950. The standard InChI is InChI=1S/C12H10BrNOS/c13-11-4-2-1-3-10(11)12(15)14-7-9-5-6-16-8-9/h1-6,8H,7H2,(H,14,15). The van der Waals surface area contributed by atoms with Gasteiger partial charge >= 0.3 is 0 Å². The van der Waals surface area contributed by atoms with E-state index in [2.05, 4.69) is 21.2 Å². The molecule has 1 aromatic heterocycles. The highest BCUT2D eigenvalue weighted by Gasteiger charge is 2.08. The first-order valence-electron chi connectivity index (χ1n) is 4.81. The zero-order chi connectivity index (χ0) is 11.4. The van der Waals surface area contributed by atoms with E-state index in [-0.39, 0.29) is 5.91 Å². The molecule has 0 atom stereocenters. The third-order valence-corrected chi connectivity index (χ3v) is 3.58. The molecular weight excluding hydrogens is 286 g/mol. The van der Waals surface area contributed by atoms with Crippen molar-refractivity contribution < 1.29 is 4.79 Å². The van der Waals surface area contributed by atoms with E-state index in [9.17, 15) is 4.79 Å². The van der Waals surface area contributed by atoms with E-state index in [4.69, 9.17) is 0 Å². The molecule has 82 valence electrons. The predicted molar refractivity (Wildman–Crippen MR) is 69.6 cm³/mol. The summed E-state index contributed by atoms with van der Waals surface area (Å²) in [6.07, 6.45) is 0. The zero-order valence-corrected chi connectivity index (χ0v) is 10.8. The van der Waals surface area contributed by atoms with Gasteiger partial charge in [0.05, 0.1) is 5.56 Å². The van der Waals surface area contributed by atoms with Gasteiger partial charge in [-0.3, -0.25) is 4.79 Å². The minimum atomic E-state index is -0.0568. The van der Waals surface area contributed by atoms with Crippen LogP contribution in [0.2, 0.25) is 0 Å². The highest BCUT2D eigenvalue weighted by atomic mass is 79.9. The number of rotatable bonds is 3. The normalized spacial score (nSPS) is 10.1. The summed E-state index contributed by atoms with van der Waals surface area (Å²) in [6.45, 7) is 0.573. The first-order valence-corrected chi connectivity index (χ1v) is 6.55. The van der Waals surface area contributed by atoms with Gasteiger partial charge in [0.15, 0.2) is 0 Å². The lowest BCUT2D eigenvalue weighted by atomic mass is 10.2. The molecule has 2 aromatic rings. The van der Waals surface area contributed by atoms with E-state index in [0.717, 1.165) is 10.0 Å². The molecule has 0 aliphatic carbocycles. The van der Waals surface area contributed by atoms with Crippen LogP contribution in [0.3, 0.4) is 0 Å². The van der Waals surface area contributed by atoms with E-state index in [1.807, 2.05) is 35.0 Å². The molecule has 0 aliphatic heterocycles. The van der Waals surface area contributed by atoms with Crippen molar-refractivity contribution in [3.05, 3.63) is 56.7 Å². The number of carbonyl (C=O) groups is 1. The van der Waals surface area contributed by atoms with Gasteiger partial charge < -0.3 is 5.32 Å². The van der Waals surface area contributed by atoms with Crippen molar-refractivity contribution in [2.24, 2.45) is 0 Å². The minimum absolute atomic E-state index is 0.0568. The van der Waals surface area contributed by atoms with Gasteiger partial charge in [-0.25, -0.2) is 0 Å². The summed E-state index contributed by atoms with van der Waals surface area (Å²) in [6, 6.07) is 9.40. The van der Waals surface area contributed by atoms with Crippen molar-refractivity contribution in [2.75, 3.05) is 0 Å². The van der Waals surface area contributed by atoms with Crippen LogP contribution in [0.25, 0.3) is 0 Å². The van der Waals surface area contributed by atoms with Crippen LogP contribution >= 0.6 is 27.3 Å². The third kappa shape index (κ3) is 2.71. The van der Waals surface area contributed by atoms with Crippen LogP contribution in [0, 0.1) is 0 Å². The van der Waals surface area contributed by atoms with Crippen molar-refractivity contribution in [3.8, 4) is 0 Å². The summed E-state index contributed by atoms with van der Waals surface area (Å²) in [5, 5.41) is 6.91. The van der Waals surface area contributed by atoms with Crippen molar-refractivity contribution in [3.63, 3.8) is 0 Å². The fraction of sp³-hybridized carbons (Fsp3) is 0.0833. The van der Waals surface area contributed by atoms with E-state index in [1.54, 1.807) is 17.4 Å². The van der Waals surface area contributed by atoms with Crippen molar-refractivity contribution in [1.29, 1.82) is 0 Å². The molecule has 1 aromatic carbocycles. The van der Waals surface area contributed by atoms with E-state index >= 15 is 0 Å². The molecule has 4 heteroatoms. The summed E-state index contributed by atoms with van der Waals surface area (Å²) in [5.74, 6) is -0.0568. The average molecular weight is 296 g/mol. The first-order chi connectivity index (χ1) is 7.77. The molecule has 0 bridgehead atoms. The largest absolute Gasteiger partial charge is 0.348 e. The van der Waals surface area contributed by atoms with Crippen LogP contribution in [0.4, 0.5) is 0 Å². The Kier molecular flexibility index (Phi) is 3.74. The minimum Gasteiger partial charge on any atom is -0.348 e. The number of benzene rings is 1. The number of nitrogens with one attached hydrogen (secondary N) is 1. The number of halogens is 1. The fourth-order valence-electron chi connectivity index (χ4n) is 1.32. The Balaban J connectivity index is 2.01. The second kappa shape index (κ2) is 5.27. The molecule has 16 heavy (non-hydrogen) atoms. The van der Waals surface area contributed by atoms with Crippen LogP contribution < -0.4 is 5.32 Å². The number of amides is 1. The molecule has 2 nitrogen and oxygen atoms in total. The smallest absolute Gasteiger partial charge is 0.252 e. The lowest BCUT2D eigenvalue weighted by Gasteiger charge is -2.05. The second-order valence-electron chi connectivity index (χ2n) is 3.29. The molecule has 0 aliphatic rings.